The number of ether oxygens (including phenoxy) is 1. The molecule has 0 radical (unpaired) electrons. The summed E-state index contributed by atoms with van der Waals surface area (Å²) in [5.74, 6) is 0.903. The van der Waals surface area contributed by atoms with Crippen LogP contribution in [0.1, 0.15) is 33.3 Å². The Hall–Kier alpha value is -1.59. The molecular weight excluding hydrogens is 304 g/mol. The minimum atomic E-state index is -0.531. The van der Waals surface area contributed by atoms with E-state index in [9.17, 15) is 9.90 Å². The average molecular weight is 334 g/mol. The Morgan fingerprint density at radius 1 is 1.17 bits per heavy atom. The average Bonchev–Trinajstić information content (AvgIpc) is 2.53. The molecule has 24 heavy (non-hydrogen) atoms. The van der Waals surface area contributed by atoms with E-state index in [4.69, 9.17) is 4.74 Å². The molecule has 1 aliphatic heterocycles. The zero-order valence-electron chi connectivity index (χ0n) is 15.3. The second-order valence-electron chi connectivity index (χ2n) is 7.55. The summed E-state index contributed by atoms with van der Waals surface area (Å²) in [5, 5.41) is 10.2. The smallest absolute Gasteiger partial charge is 0.219 e. The molecule has 134 valence electrons. The number of carbonyl (C=O) groups excluding carboxylic acids is 1. The number of rotatable bonds is 5. The first-order chi connectivity index (χ1) is 11.3. The van der Waals surface area contributed by atoms with Gasteiger partial charge < -0.3 is 14.7 Å². The summed E-state index contributed by atoms with van der Waals surface area (Å²) in [4.78, 5) is 15.3. The number of nitrogens with zero attached hydrogens (tertiary/aromatic N) is 2. The van der Waals surface area contributed by atoms with Crippen LogP contribution in [0.4, 0.5) is 0 Å². The van der Waals surface area contributed by atoms with E-state index in [2.05, 4.69) is 37.8 Å². The molecule has 0 bridgehead atoms. The molecule has 1 heterocycles. The van der Waals surface area contributed by atoms with Gasteiger partial charge in [-0.05, 0) is 23.1 Å². The van der Waals surface area contributed by atoms with Crippen molar-refractivity contribution in [2.24, 2.45) is 0 Å². The molecule has 1 atom stereocenters. The quantitative estimate of drug-likeness (QED) is 0.893. The van der Waals surface area contributed by atoms with E-state index in [1.165, 1.54) is 5.56 Å². The van der Waals surface area contributed by atoms with Crippen LogP contribution in [0.25, 0.3) is 0 Å². The highest BCUT2D eigenvalue weighted by Gasteiger charge is 2.20. The van der Waals surface area contributed by atoms with E-state index in [0.717, 1.165) is 31.9 Å². The molecule has 5 heteroatoms. The second kappa shape index (κ2) is 7.99. The van der Waals surface area contributed by atoms with Gasteiger partial charge in [0.2, 0.25) is 5.91 Å². The van der Waals surface area contributed by atoms with Crippen LogP contribution in [-0.2, 0) is 10.2 Å². The zero-order valence-corrected chi connectivity index (χ0v) is 15.3. The Bertz CT molecular complexity index is 529. The zero-order chi connectivity index (χ0) is 17.7. The van der Waals surface area contributed by atoms with E-state index in [0.29, 0.717) is 6.54 Å². The first-order valence-corrected chi connectivity index (χ1v) is 8.65. The molecule has 0 aliphatic carbocycles. The van der Waals surface area contributed by atoms with Gasteiger partial charge in [0.15, 0.2) is 0 Å². The number of hydrogen-bond donors (Lipinski definition) is 1. The highest BCUT2D eigenvalue weighted by atomic mass is 16.5. The molecule has 0 saturated carbocycles. The first kappa shape index (κ1) is 18.7. The van der Waals surface area contributed by atoms with Crippen molar-refractivity contribution in [2.75, 3.05) is 39.3 Å². The van der Waals surface area contributed by atoms with Gasteiger partial charge in [-0.25, -0.2) is 0 Å². The van der Waals surface area contributed by atoms with Crippen molar-refractivity contribution < 1.29 is 14.6 Å². The van der Waals surface area contributed by atoms with E-state index < -0.39 is 6.10 Å². The summed E-state index contributed by atoms with van der Waals surface area (Å²) in [6.45, 7) is 12.1. The number of carbonyl (C=O) groups is 1. The molecule has 1 aliphatic rings. The van der Waals surface area contributed by atoms with Crippen molar-refractivity contribution in [2.45, 2.75) is 39.2 Å². The molecule has 1 N–H and O–H groups in total. The SMILES string of the molecule is CC(=O)N1CCN(CC(O)COc2ccc(C(C)(C)C)cc2)CC1. The molecule has 0 spiro atoms. The molecule has 1 fully saturated rings. The Morgan fingerprint density at radius 3 is 2.25 bits per heavy atom. The molecule has 2 rings (SSSR count). The van der Waals surface area contributed by atoms with Gasteiger partial charge in [0.25, 0.3) is 0 Å². The van der Waals surface area contributed by atoms with Crippen molar-refractivity contribution in [1.82, 2.24) is 9.80 Å². The van der Waals surface area contributed by atoms with Crippen LogP contribution < -0.4 is 4.74 Å². The van der Waals surface area contributed by atoms with Crippen LogP contribution in [0.2, 0.25) is 0 Å². The topological polar surface area (TPSA) is 53.0 Å². The summed E-state index contributed by atoms with van der Waals surface area (Å²) in [6.07, 6.45) is -0.531. The van der Waals surface area contributed by atoms with E-state index in [1.54, 1.807) is 6.92 Å². The maximum atomic E-state index is 11.3. The number of aliphatic hydroxyl groups is 1. The number of β-amino-alcohol motifs (C(OH)–C–C–N with tert-alkyl or cyclic N) is 1. The maximum absolute atomic E-state index is 11.3. The van der Waals surface area contributed by atoms with Crippen molar-refractivity contribution in [3.05, 3.63) is 29.8 Å². The van der Waals surface area contributed by atoms with Crippen LogP contribution in [0.5, 0.6) is 5.75 Å². The predicted octanol–water partition coefficient (Wildman–Crippen LogP) is 1.89. The number of amides is 1. The monoisotopic (exact) mass is 334 g/mol. The van der Waals surface area contributed by atoms with E-state index >= 15 is 0 Å². The fourth-order valence-electron chi connectivity index (χ4n) is 2.84. The third-order valence-corrected chi connectivity index (χ3v) is 4.45. The fraction of sp³-hybridized carbons (Fsp3) is 0.632. The van der Waals surface area contributed by atoms with Gasteiger partial charge in [0.05, 0.1) is 0 Å². The minimum Gasteiger partial charge on any atom is -0.491 e. The van der Waals surface area contributed by atoms with Gasteiger partial charge in [-0.1, -0.05) is 32.9 Å². The van der Waals surface area contributed by atoms with E-state index in [1.807, 2.05) is 17.0 Å². The number of hydrogen-bond acceptors (Lipinski definition) is 4. The summed E-state index contributed by atoms with van der Waals surface area (Å²) < 4.78 is 5.70. The summed E-state index contributed by atoms with van der Waals surface area (Å²) >= 11 is 0. The van der Waals surface area contributed by atoms with Crippen LogP contribution in [-0.4, -0.2) is 66.2 Å². The summed E-state index contributed by atoms with van der Waals surface area (Å²) in [7, 11) is 0. The van der Waals surface area contributed by atoms with Gasteiger partial charge in [-0.2, -0.15) is 0 Å². The van der Waals surface area contributed by atoms with Gasteiger partial charge >= 0.3 is 0 Å². The predicted molar refractivity (Wildman–Crippen MR) is 95.3 cm³/mol. The molecule has 1 amide bonds. The molecule has 1 aromatic rings. The molecular formula is C19H30N2O3. The van der Waals surface area contributed by atoms with Crippen LogP contribution in [0.15, 0.2) is 24.3 Å². The van der Waals surface area contributed by atoms with Gasteiger partial charge in [-0.15, -0.1) is 0 Å². The first-order valence-electron chi connectivity index (χ1n) is 8.65. The Morgan fingerprint density at radius 2 is 1.75 bits per heavy atom. The van der Waals surface area contributed by atoms with Crippen LogP contribution in [0.3, 0.4) is 0 Å². The van der Waals surface area contributed by atoms with Crippen molar-refractivity contribution in [3.8, 4) is 5.75 Å². The Kier molecular flexibility index (Phi) is 6.24. The Balaban J connectivity index is 1.73. The lowest BCUT2D eigenvalue weighted by atomic mass is 9.87. The summed E-state index contributed by atoms with van der Waals surface area (Å²) in [5.41, 5.74) is 1.39. The molecule has 1 unspecified atom stereocenters. The Labute approximate surface area is 145 Å². The van der Waals surface area contributed by atoms with Gasteiger partial charge in [0, 0.05) is 39.6 Å². The molecule has 5 nitrogen and oxygen atoms in total. The lowest BCUT2D eigenvalue weighted by Gasteiger charge is -2.35. The molecule has 1 aromatic carbocycles. The number of benzene rings is 1. The standard InChI is InChI=1S/C19H30N2O3/c1-15(22)21-11-9-20(10-12-21)13-17(23)14-24-18-7-5-16(6-8-18)19(2,3)4/h5-8,17,23H,9-14H2,1-4H3. The van der Waals surface area contributed by atoms with Gasteiger partial charge in [-0.3, -0.25) is 9.69 Å². The lowest BCUT2D eigenvalue weighted by molar-refractivity contribution is -0.130. The third-order valence-electron chi connectivity index (χ3n) is 4.45. The van der Waals surface area contributed by atoms with Crippen molar-refractivity contribution in [3.63, 3.8) is 0 Å². The maximum Gasteiger partial charge on any atom is 0.219 e. The largest absolute Gasteiger partial charge is 0.491 e. The van der Waals surface area contributed by atoms with E-state index in [-0.39, 0.29) is 17.9 Å². The second-order valence-corrected chi connectivity index (χ2v) is 7.55. The normalized spacial score (nSPS) is 17.6. The number of aliphatic hydroxyl groups excluding tert-OH is 1. The van der Waals surface area contributed by atoms with Crippen LogP contribution in [0, 0.1) is 0 Å². The van der Waals surface area contributed by atoms with Gasteiger partial charge in [0.1, 0.15) is 18.5 Å². The minimum absolute atomic E-state index is 0.122. The van der Waals surface area contributed by atoms with Crippen molar-refractivity contribution >= 4 is 5.91 Å². The lowest BCUT2D eigenvalue weighted by Crippen LogP contribution is -2.50. The highest BCUT2D eigenvalue weighted by molar-refractivity contribution is 5.73. The molecule has 0 aromatic heterocycles. The summed E-state index contributed by atoms with van der Waals surface area (Å²) in [6, 6.07) is 8.06. The fourth-order valence-corrected chi connectivity index (χ4v) is 2.84. The van der Waals surface area contributed by atoms with Crippen LogP contribution >= 0.6 is 0 Å². The third kappa shape index (κ3) is 5.49. The number of piperazine rings is 1. The molecule has 1 saturated heterocycles. The highest BCUT2D eigenvalue weighted by Crippen LogP contribution is 2.24. The van der Waals surface area contributed by atoms with Crippen molar-refractivity contribution in [1.29, 1.82) is 0 Å².